The fourth-order valence-electron chi connectivity index (χ4n) is 0.821. The summed E-state index contributed by atoms with van der Waals surface area (Å²) in [6, 6.07) is 3.49. The SMILES string of the molecule is NC(=O)Cc1cc[nH]n1.c1cncnc1. The molecule has 3 N–H and O–H groups in total. The number of nitrogens with one attached hydrogen (secondary N) is 1. The average molecular weight is 205 g/mol. The molecule has 0 saturated carbocycles. The number of carbonyl (C=O) groups is 1. The van der Waals surface area contributed by atoms with Crippen LogP contribution in [0.3, 0.4) is 0 Å². The van der Waals surface area contributed by atoms with E-state index in [4.69, 9.17) is 5.73 Å². The molecule has 0 unspecified atom stereocenters. The fourth-order valence-corrected chi connectivity index (χ4v) is 0.821. The molecule has 0 aliphatic carbocycles. The molecule has 0 spiro atoms. The fraction of sp³-hybridized carbons (Fsp3) is 0.111. The van der Waals surface area contributed by atoms with Gasteiger partial charge in [-0.15, -0.1) is 0 Å². The van der Waals surface area contributed by atoms with Gasteiger partial charge in [-0.25, -0.2) is 9.97 Å². The van der Waals surface area contributed by atoms with E-state index < -0.39 is 0 Å². The van der Waals surface area contributed by atoms with E-state index >= 15 is 0 Å². The molecule has 2 aromatic heterocycles. The lowest BCUT2D eigenvalue weighted by Gasteiger charge is -1.85. The number of carbonyl (C=O) groups excluding carboxylic acids is 1. The summed E-state index contributed by atoms with van der Waals surface area (Å²) >= 11 is 0. The summed E-state index contributed by atoms with van der Waals surface area (Å²) < 4.78 is 0. The van der Waals surface area contributed by atoms with E-state index in [1.54, 1.807) is 30.7 Å². The van der Waals surface area contributed by atoms with Crippen LogP contribution in [0.5, 0.6) is 0 Å². The van der Waals surface area contributed by atoms with Gasteiger partial charge in [0.2, 0.25) is 5.91 Å². The minimum absolute atomic E-state index is 0.212. The van der Waals surface area contributed by atoms with Crippen LogP contribution in [0.1, 0.15) is 5.69 Å². The number of hydrogen-bond donors (Lipinski definition) is 2. The standard InChI is InChI=1S/C5H7N3O.C4H4N2/c6-5(9)3-4-1-2-7-8-4;1-2-5-4-6-3-1/h1-2H,3H2,(H2,6,9)(H,7,8);1-4H. The number of rotatable bonds is 2. The number of H-pyrrole nitrogens is 1. The Hall–Kier alpha value is -2.24. The van der Waals surface area contributed by atoms with Crippen molar-refractivity contribution in [3.8, 4) is 0 Å². The van der Waals surface area contributed by atoms with Crippen LogP contribution in [0.2, 0.25) is 0 Å². The van der Waals surface area contributed by atoms with Gasteiger partial charge in [-0.05, 0) is 12.1 Å². The van der Waals surface area contributed by atoms with Crippen molar-refractivity contribution in [1.82, 2.24) is 20.2 Å². The smallest absolute Gasteiger partial charge is 0.223 e. The van der Waals surface area contributed by atoms with Crippen molar-refractivity contribution < 1.29 is 4.79 Å². The normalized spacial score (nSPS) is 8.80. The molecule has 0 aromatic carbocycles. The Balaban J connectivity index is 0.000000162. The molecule has 2 heterocycles. The Kier molecular flexibility index (Phi) is 4.52. The van der Waals surface area contributed by atoms with Gasteiger partial charge in [0.1, 0.15) is 6.33 Å². The first-order valence-corrected chi connectivity index (χ1v) is 4.26. The summed E-state index contributed by atoms with van der Waals surface area (Å²) in [4.78, 5) is 17.6. The summed E-state index contributed by atoms with van der Waals surface area (Å²) in [5.41, 5.74) is 5.57. The Morgan fingerprint density at radius 2 is 2.13 bits per heavy atom. The molecule has 6 nitrogen and oxygen atoms in total. The minimum Gasteiger partial charge on any atom is -0.369 e. The Labute approximate surface area is 86.6 Å². The monoisotopic (exact) mass is 205 g/mol. The summed E-state index contributed by atoms with van der Waals surface area (Å²) in [7, 11) is 0. The van der Waals surface area contributed by atoms with Crippen LogP contribution in [-0.4, -0.2) is 26.1 Å². The van der Waals surface area contributed by atoms with Gasteiger partial charge in [-0.1, -0.05) is 0 Å². The van der Waals surface area contributed by atoms with Crippen LogP contribution in [-0.2, 0) is 11.2 Å². The molecule has 15 heavy (non-hydrogen) atoms. The zero-order valence-electron chi connectivity index (χ0n) is 8.00. The first-order chi connectivity index (χ1) is 7.29. The van der Waals surface area contributed by atoms with Gasteiger partial charge in [-0.2, -0.15) is 5.10 Å². The van der Waals surface area contributed by atoms with Crippen molar-refractivity contribution in [2.75, 3.05) is 0 Å². The highest BCUT2D eigenvalue weighted by atomic mass is 16.1. The van der Waals surface area contributed by atoms with Crippen LogP contribution in [0.15, 0.2) is 37.1 Å². The van der Waals surface area contributed by atoms with Crippen molar-refractivity contribution in [2.45, 2.75) is 6.42 Å². The summed E-state index contributed by atoms with van der Waals surface area (Å²) in [6.07, 6.45) is 6.74. The largest absolute Gasteiger partial charge is 0.369 e. The lowest BCUT2D eigenvalue weighted by Crippen LogP contribution is -2.13. The second-order valence-corrected chi connectivity index (χ2v) is 2.61. The number of hydrogen-bond acceptors (Lipinski definition) is 4. The third kappa shape index (κ3) is 5.14. The van der Waals surface area contributed by atoms with Crippen LogP contribution in [0.4, 0.5) is 0 Å². The van der Waals surface area contributed by atoms with E-state index in [1.165, 1.54) is 6.33 Å². The Morgan fingerprint density at radius 3 is 2.47 bits per heavy atom. The van der Waals surface area contributed by atoms with Crippen molar-refractivity contribution >= 4 is 5.91 Å². The van der Waals surface area contributed by atoms with Gasteiger partial charge >= 0.3 is 0 Å². The molecule has 0 saturated heterocycles. The Bertz CT molecular complexity index is 346. The summed E-state index contributed by atoms with van der Waals surface area (Å²) in [6.45, 7) is 0. The molecular weight excluding hydrogens is 194 g/mol. The number of primary amides is 1. The van der Waals surface area contributed by atoms with Crippen LogP contribution >= 0.6 is 0 Å². The molecule has 0 atom stereocenters. The third-order valence-electron chi connectivity index (χ3n) is 1.39. The highest BCUT2D eigenvalue weighted by Crippen LogP contribution is 1.90. The second kappa shape index (κ2) is 6.25. The highest BCUT2D eigenvalue weighted by Gasteiger charge is 1.97. The van der Waals surface area contributed by atoms with E-state index in [1.807, 2.05) is 0 Å². The number of amides is 1. The number of nitrogens with zero attached hydrogens (tertiary/aromatic N) is 3. The first kappa shape index (κ1) is 10.8. The maximum atomic E-state index is 10.2. The van der Waals surface area contributed by atoms with Crippen molar-refractivity contribution in [3.05, 3.63) is 42.7 Å². The topological polar surface area (TPSA) is 97.6 Å². The highest BCUT2D eigenvalue weighted by molar-refractivity contribution is 5.75. The molecular formula is C9H11N5O. The molecule has 0 fully saturated rings. The predicted molar refractivity (Wildman–Crippen MR) is 53.5 cm³/mol. The quantitative estimate of drug-likeness (QED) is 0.716. The molecule has 0 aliphatic heterocycles. The minimum atomic E-state index is -0.359. The van der Waals surface area contributed by atoms with Crippen molar-refractivity contribution in [1.29, 1.82) is 0 Å². The van der Waals surface area contributed by atoms with Gasteiger partial charge in [-0.3, -0.25) is 9.89 Å². The van der Waals surface area contributed by atoms with Crippen LogP contribution in [0.25, 0.3) is 0 Å². The maximum Gasteiger partial charge on any atom is 0.223 e. The van der Waals surface area contributed by atoms with Crippen molar-refractivity contribution in [2.24, 2.45) is 5.73 Å². The lowest BCUT2D eigenvalue weighted by molar-refractivity contribution is -0.117. The molecule has 6 heteroatoms. The maximum absolute atomic E-state index is 10.2. The molecule has 0 aliphatic rings. The molecule has 78 valence electrons. The van der Waals surface area contributed by atoms with Crippen LogP contribution < -0.4 is 5.73 Å². The molecule has 1 amide bonds. The van der Waals surface area contributed by atoms with Crippen molar-refractivity contribution in [3.63, 3.8) is 0 Å². The number of aromatic nitrogens is 4. The molecule has 0 bridgehead atoms. The van der Waals surface area contributed by atoms with E-state index in [-0.39, 0.29) is 12.3 Å². The van der Waals surface area contributed by atoms with Gasteiger partial charge in [0.05, 0.1) is 12.1 Å². The lowest BCUT2D eigenvalue weighted by atomic mass is 10.3. The predicted octanol–water partition coefficient (Wildman–Crippen LogP) is -0.0859. The van der Waals surface area contributed by atoms with Crippen LogP contribution in [0, 0.1) is 0 Å². The zero-order chi connectivity index (χ0) is 10.9. The van der Waals surface area contributed by atoms with Gasteiger partial charge < -0.3 is 5.73 Å². The third-order valence-corrected chi connectivity index (χ3v) is 1.39. The Morgan fingerprint density at radius 1 is 1.40 bits per heavy atom. The number of nitrogens with two attached hydrogens (primary N) is 1. The molecule has 2 aromatic rings. The van der Waals surface area contributed by atoms with E-state index in [0.717, 1.165) is 0 Å². The van der Waals surface area contributed by atoms with E-state index in [9.17, 15) is 4.79 Å². The average Bonchev–Trinajstić information content (AvgIpc) is 2.73. The van der Waals surface area contributed by atoms with Gasteiger partial charge in [0.15, 0.2) is 0 Å². The van der Waals surface area contributed by atoms with E-state index in [2.05, 4.69) is 20.2 Å². The zero-order valence-corrected chi connectivity index (χ0v) is 8.00. The number of aromatic amines is 1. The van der Waals surface area contributed by atoms with Gasteiger partial charge in [0, 0.05) is 18.6 Å². The second-order valence-electron chi connectivity index (χ2n) is 2.61. The van der Waals surface area contributed by atoms with E-state index in [0.29, 0.717) is 5.69 Å². The molecule has 0 radical (unpaired) electrons. The first-order valence-electron chi connectivity index (χ1n) is 4.26. The molecule has 2 rings (SSSR count). The van der Waals surface area contributed by atoms with Gasteiger partial charge in [0.25, 0.3) is 0 Å². The summed E-state index contributed by atoms with van der Waals surface area (Å²) in [5, 5.41) is 6.31. The summed E-state index contributed by atoms with van der Waals surface area (Å²) in [5.74, 6) is -0.359.